The number of hydrogen-bond donors (Lipinski definition) is 1. The molecule has 0 saturated carbocycles. The molecule has 2 aromatic rings. The van der Waals surface area contributed by atoms with Crippen LogP contribution in [-0.4, -0.2) is 36.4 Å². The van der Waals surface area contributed by atoms with Crippen molar-refractivity contribution in [2.45, 2.75) is 29.7 Å². The van der Waals surface area contributed by atoms with E-state index in [4.69, 9.17) is 0 Å². The van der Waals surface area contributed by atoms with E-state index in [0.717, 1.165) is 36.5 Å². The van der Waals surface area contributed by atoms with E-state index in [1.54, 1.807) is 18.2 Å². The van der Waals surface area contributed by atoms with E-state index in [9.17, 15) is 10.1 Å². The topological polar surface area (TPSA) is 58.4 Å². The minimum Gasteiger partial charge on any atom is -0.367 e. The van der Waals surface area contributed by atoms with Crippen LogP contribution in [0.15, 0.2) is 41.3 Å². The molecule has 134 valence electrons. The van der Waals surface area contributed by atoms with E-state index >= 15 is 0 Å². The minimum absolute atomic E-state index is 0.153. The molecule has 1 fully saturated rings. The number of nitrogens with zero attached hydrogens (tertiary/aromatic N) is 2. The highest BCUT2D eigenvalue weighted by Gasteiger charge is 2.41. The van der Waals surface area contributed by atoms with Gasteiger partial charge in [0.2, 0.25) is 0 Å². The van der Waals surface area contributed by atoms with Crippen molar-refractivity contribution in [3.05, 3.63) is 52.1 Å². The highest BCUT2D eigenvalue weighted by atomic mass is 32.2. The van der Waals surface area contributed by atoms with Crippen molar-refractivity contribution in [3.63, 3.8) is 0 Å². The van der Waals surface area contributed by atoms with Crippen molar-refractivity contribution < 1.29 is 4.92 Å². The fourth-order valence-electron chi connectivity index (χ4n) is 4.69. The Kier molecular flexibility index (Phi) is 3.90. The van der Waals surface area contributed by atoms with Crippen LogP contribution in [0.25, 0.3) is 11.1 Å². The minimum atomic E-state index is -0.316. The van der Waals surface area contributed by atoms with Gasteiger partial charge in [-0.2, -0.15) is 0 Å². The summed E-state index contributed by atoms with van der Waals surface area (Å²) in [5.41, 5.74) is 5.04. The van der Waals surface area contributed by atoms with Crippen LogP contribution in [-0.2, 0) is 0 Å². The molecule has 0 unspecified atom stereocenters. The third-order valence-corrected chi connectivity index (χ3v) is 6.94. The number of rotatable bonds is 2. The zero-order valence-corrected chi connectivity index (χ0v) is 15.3. The molecule has 1 N–H and O–H groups in total. The first-order valence-electron chi connectivity index (χ1n) is 9.25. The van der Waals surface area contributed by atoms with Gasteiger partial charge in [-0.15, -0.1) is 11.8 Å². The fourth-order valence-corrected chi connectivity index (χ4v) is 5.77. The number of benzene rings is 2. The molecule has 0 spiro atoms. The molecule has 2 atom stereocenters. The van der Waals surface area contributed by atoms with Gasteiger partial charge in [0, 0.05) is 42.1 Å². The molecule has 6 heteroatoms. The van der Waals surface area contributed by atoms with E-state index < -0.39 is 0 Å². The van der Waals surface area contributed by atoms with Gasteiger partial charge in [-0.05, 0) is 54.0 Å². The lowest BCUT2D eigenvalue weighted by molar-refractivity contribution is -0.384. The van der Waals surface area contributed by atoms with Crippen LogP contribution in [0.3, 0.4) is 0 Å². The summed E-state index contributed by atoms with van der Waals surface area (Å²) in [6.45, 7) is 3.26. The molecule has 5 nitrogen and oxygen atoms in total. The van der Waals surface area contributed by atoms with Gasteiger partial charge in [-0.3, -0.25) is 10.1 Å². The Bertz CT molecular complexity index is 885. The van der Waals surface area contributed by atoms with Gasteiger partial charge in [-0.1, -0.05) is 12.1 Å². The smallest absolute Gasteiger partial charge is 0.270 e. The maximum absolute atomic E-state index is 11.2. The van der Waals surface area contributed by atoms with E-state index in [1.165, 1.54) is 29.0 Å². The molecule has 0 bridgehead atoms. The molecule has 26 heavy (non-hydrogen) atoms. The molecule has 0 aromatic heterocycles. The Labute approximate surface area is 156 Å². The standard InChI is InChI=1S/C20H21N3O2S/c24-23(25)15-4-1-3-13(9-15)14-10-16-17-12-21-6-5-18(17)22-7-2-8-26-19(11-14)20(16)22/h1,3-4,9-11,17-18,21H,2,5-8,12H2/t17-,18-/m0/s1. The Hall–Kier alpha value is -2.05. The van der Waals surface area contributed by atoms with Crippen LogP contribution in [0.5, 0.6) is 0 Å². The number of nitro groups is 1. The molecular formula is C20H21N3O2S. The van der Waals surface area contributed by atoms with Gasteiger partial charge in [0.25, 0.3) is 5.69 Å². The van der Waals surface area contributed by atoms with Crippen LogP contribution >= 0.6 is 11.8 Å². The van der Waals surface area contributed by atoms with E-state index in [1.807, 2.05) is 17.8 Å². The van der Waals surface area contributed by atoms with E-state index in [-0.39, 0.29) is 10.6 Å². The normalized spacial score (nSPS) is 23.9. The molecule has 1 saturated heterocycles. The number of nitro benzene ring substituents is 1. The molecule has 3 aliphatic rings. The van der Waals surface area contributed by atoms with Crippen LogP contribution in [0.4, 0.5) is 11.4 Å². The molecule has 0 amide bonds. The summed E-state index contributed by atoms with van der Waals surface area (Å²) < 4.78 is 0. The third kappa shape index (κ3) is 2.51. The predicted molar refractivity (Wildman–Crippen MR) is 105 cm³/mol. The van der Waals surface area contributed by atoms with E-state index in [0.29, 0.717) is 12.0 Å². The van der Waals surface area contributed by atoms with Gasteiger partial charge in [-0.25, -0.2) is 0 Å². The van der Waals surface area contributed by atoms with Gasteiger partial charge in [0.1, 0.15) is 0 Å². The lowest BCUT2D eigenvalue weighted by Gasteiger charge is -2.33. The van der Waals surface area contributed by atoms with Crippen LogP contribution in [0.2, 0.25) is 0 Å². The van der Waals surface area contributed by atoms with Gasteiger partial charge in [0.05, 0.1) is 10.6 Å². The second kappa shape index (κ2) is 6.28. The maximum Gasteiger partial charge on any atom is 0.270 e. The van der Waals surface area contributed by atoms with Gasteiger partial charge < -0.3 is 10.2 Å². The van der Waals surface area contributed by atoms with Crippen molar-refractivity contribution in [2.24, 2.45) is 0 Å². The summed E-state index contributed by atoms with van der Waals surface area (Å²) in [6.07, 6.45) is 2.40. The lowest BCUT2D eigenvalue weighted by atomic mass is 9.88. The average molecular weight is 367 g/mol. The summed E-state index contributed by atoms with van der Waals surface area (Å²) in [4.78, 5) is 14.8. The quantitative estimate of drug-likeness (QED) is 0.642. The molecule has 0 radical (unpaired) electrons. The van der Waals surface area contributed by atoms with Crippen molar-refractivity contribution >= 4 is 23.1 Å². The number of thioether (sulfide) groups is 1. The van der Waals surface area contributed by atoms with Crippen molar-refractivity contribution in [1.82, 2.24) is 5.32 Å². The summed E-state index contributed by atoms with van der Waals surface area (Å²) >= 11 is 1.94. The molecule has 3 aliphatic heterocycles. The largest absolute Gasteiger partial charge is 0.367 e. The Morgan fingerprint density at radius 3 is 3.04 bits per heavy atom. The summed E-state index contributed by atoms with van der Waals surface area (Å²) in [5, 5.41) is 14.7. The van der Waals surface area contributed by atoms with Crippen LogP contribution in [0.1, 0.15) is 24.3 Å². The second-order valence-electron chi connectivity index (χ2n) is 7.28. The number of hydrogen-bond acceptors (Lipinski definition) is 5. The summed E-state index contributed by atoms with van der Waals surface area (Å²) in [7, 11) is 0. The monoisotopic (exact) mass is 367 g/mol. The fraction of sp³-hybridized carbons (Fsp3) is 0.400. The number of non-ortho nitro benzene ring substituents is 1. The molecule has 2 aromatic carbocycles. The van der Waals surface area contributed by atoms with Crippen LogP contribution in [0, 0.1) is 10.1 Å². The zero-order valence-electron chi connectivity index (χ0n) is 14.5. The Morgan fingerprint density at radius 1 is 1.23 bits per heavy atom. The number of nitrogens with one attached hydrogen (secondary N) is 1. The Morgan fingerprint density at radius 2 is 2.15 bits per heavy atom. The van der Waals surface area contributed by atoms with Crippen molar-refractivity contribution in [2.75, 3.05) is 30.3 Å². The second-order valence-corrected chi connectivity index (χ2v) is 8.42. The number of fused-ring (bicyclic) bond motifs is 3. The molecule has 5 rings (SSSR count). The highest BCUT2D eigenvalue weighted by Crippen LogP contribution is 2.51. The summed E-state index contributed by atoms with van der Waals surface area (Å²) in [5.74, 6) is 1.66. The number of piperidine rings is 1. The van der Waals surface area contributed by atoms with Gasteiger partial charge >= 0.3 is 0 Å². The predicted octanol–water partition coefficient (Wildman–Crippen LogP) is 4.02. The summed E-state index contributed by atoms with van der Waals surface area (Å²) in [6, 6.07) is 12.1. The van der Waals surface area contributed by atoms with Crippen molar-refractivity contribution in [1.29, 1.82) is 0 Å². The zero-order chi connectivity index (χ0) is 17.7. The SMILES string of the molecule is O=[N+]([O-])c1cccc(-c2cc3c4c(c2)[C@@H]2CNCC[C@@H]2N4CCCS3)c1. The molecule has 0 aliphatic carbocycles. The van der Waals surface area contributed by atoms with Gasteiger partial charge in [0.15, 0.2) is 0 Å². The third-order valence-electron chi connectivity index (χ3n) is 5.83. The van der Waals surface area contributed by atoms with Crippen LogP contribution < -0.4 is 10.2 Å². The lowest BCUT2D eigenvalue weighted by Crippen LogP contribution is -2.44. The Balaban J connectivity index is 1.66. The number of anilines is 1. The first kappa shape index (κ1) is 16.1. The average Bonchev–Trinajstić information content (AvgIpc) is 2.83. The molecular weight excluding hydrogens is 346 g/mol. The first-order chi connectivity index (χ1) is 12.7. The first-order valence-corrected chi connectivity index (χ1v) is 10.2. The maximum atomic E-state index is 11.2. The highest BCUT2D eigenvalue weighted by molar-refractivity contribution is 7.99. The molecule has 3 heterocycles. The van der Waals surface area contributed by atoms with E-state index in [2.05, 4.69) is 22.3 Å². The van der Waals surface area contributed by atoms with Crippen molar-refractivity contribution in [3.8, 4) is 11.1 Å².